The monoisotopic (exact) mass is 454 g/mol. The smallest absolute Gasteiger partial charge is 0.405 e. The van der Waals surface area contributed by atoms with Crippen LogP contribution in [0.3, 0.4) is 0 Å². The third kappa shape index (κ3) is 5.88. The predicted molar refractivity (Wildman–Crippen MR) is 112 cm³/mol. The van der Waals surface area contributed by atoms with Crippen LogP contribution in [0.2, 0.25) is 0 Å². The zero-order valence-corrected chi connectivity index (χ0v) is 18.6. The Bertz CT molecular complexity index is 841. The van der Waals surface area contributed by atoms with Gasteiger partial charge in [-0.15, -0.1) is 0 Å². The van der Waals surface area contributed by atoms with Gasteiger partial charge in [0, 0.05) is 38.5 Å². The van der Waals surface area contributed by atoms with Gasteiger partial charge in [-0.3, -0.25) is 4.79 Å². The summed E-state index contributed by atoms with van der Waals surface area (Å²) < 4.78 is 42.5. The predicted octanol–water partition coefficient (Wildman–Crippen LogP) is 1.93. The molecule has 3 heterocycles. The average molecular weight is 455 g/mol. The fourth-order valence-electron chi connectivity index (χ4n) is 4.24. The molecule has 0 N–H and O–H groups in total. The Kier molecular flexibility index (Phi) is 7.00. The van der Waals surface area contributed by atoms with E-state index in [-0.39, 0.29) is 6.10 Å². The van der Waals surface area contributed by atoms with E-state index >= 15 is 0 Å². The lowest BCUT2D eigenvalue weighted by molar-refractivity contribution is -0.166. The van der Waals surface area contributed by atoms with Gasteiger partial charge in [-0.05, 0) is 57.0 Å². The molecule has 172 valence electrons. The molecule has 1 atom stereocenters. The van der Waals surface area contributed by atoms with Crippen LogP contribution >= 0.6 is 0 Å². The third-order valence-electron chi connectivity index (χ3n) is 6.04. The van der Waals surface area contributed by atoms with Crippen molar-refractivity contribution in [1.29, 1.82) is 0 Å². The van der Waals surface area contributed by atoms with Crippen molar-refractivity contribution >= 4 is 16.3 Å². The normalized spacial score (nSPS) is 24.7. The molecule has 3 aliphatic rings. The molecule has 0 bridgehead atoms. The van der Waals surface area contributed by atoms with Crippen LogP contribution in [-0.2, 0) is 23.6 Å². The van der Waals surface area contributed by atoms with Crippen molar-refractivity contribution in [3.63, 3.8) is 0 Å². The Labute approximate surface area is 183 Å². The van der Waals surface area contributed by atoms with Crippen LogP contribution in [0, 0.1) is 0 Å². The van der Waals surface area contributed by atoms with Crippen LogP contribution in [-0.4, -0.2) is 75.3 Å². The quantitative estimate of drug-likeness (QED) is 0.550. The molecule has 1 aromatic rings. The summed E-state index contributed by atoms with van der Waals surface area (Å²) in [6.07, 6.45) is 3.57. The Hall–Kier alpha value is -1.88. The molecule has 4 rings (SSSR count). The van der Waals surface area contributed by atoms with E-state index in [9.17, 15) is 13.2 Å². The maximum atomic E-state index is 12.1. The van der Waals surface area contributed by atoms with E-state index in [0.717, 1.165) is 24.5 Å². The van der Waals surface area contributed by atoms with E-state index < -0.39 is 22.6 Å². The van der Waals surface area contributed by atoms with Crippen LogP contribution in [0.25, 0.3) is 0 Å². The molecule has 0 unspecified atom stereocenters. The van der Waals surface area contributed by atoms with Crippen molar-refractivity contribution < 1.29 is 31.1 Å². The van der Waals surface area contributed by atoms with Gasteiger partial charge >= 0.3 is 10.4 Å². The fraction of sp³-hybridized carbons (Fsp3) is 0.667. The van der Waals surface area contributed by atoms with Gasteiger partial charge in [0.25, 0.3) is 12.2 Å². The summed E-state index contributed by atoms with van der Waals surface area (Å²) >= 11 is 0. The molecule has 0 radical (unpaired) electrons. The lowest BCUT2D eigenvalue weighted by atomic mass is 10.1. The van der Waals surface area contributed by atoms with Crippen LogP contribution in [0.5, 0.6) is 11.5 Å². The SMILES string of the molecule is C[C@@H]1CCCN1CCCOc1ccc(OC2CCN(C(=O)C3OS(=O)(=O)O3)CC2)cc1. The Balaban J connectivity index is 1.14. The molecule has 0 aliphatic carbocycles. The van der Waals surface area contributed by atoms with Gasteiger partial charge < -0.3 is 19.3 Å². The van der Waals surface area contributed by atoms with Gasteiger partial charge in [0.15, 0.2) is 0 Å². The number of likely N-dealkylation sites (tertiary alicyclic amines) is 2. The topological polar surface area (TPSA) is 94.6 Å². The van der Waals surface area contributed by atoms with Crippen LogP contribution < -0.4 is 9.47 Å². The first-order valence-corrected chi connectivity index (χ1v) is 12.3. The molecule has 1 amide bonds. The number of amides is 1. The second-order valence-electron chi connectivity index (χ2n) is 8.28. The van der Waals surface area contributed by atoms with E-state index in [4.69, 9.17) is 9.47 Å². The molecule has 9 nitrogen and oxygen atoms in total. The number of carbonyl (C=O) groups excluding carboxylic acids is 1. The van der Waals surface area contributed by atoms with Gasteiger partial charge in [-0.25, -0.2) is 8.37 Å². The lowest BCUT2D eigenvalue weighted by Gasteiger charge is -2.35. The summed E-state index contributed by atoms with van der Waals surface area (Å²) in [6.45, 7) is 6.19. The van der Waals surface area contributed by atoms with Crippen molar-refractivity contribution in [3.8, 4) is 11.5 Å². The molecule has 31 heavy (non-hydrogen) atoms. The average Bonchev–Trinajstić information content (AvgIpc) is 3.15. The van der Waals surface area contributed by atoms with Crippen LogP contribution in [0.15, 0.2) is 24.3 Å². The molecule has 3 fully saturated rings. The number of hydrogen-bond acceptors (Lipinski definition) is 8. The highest BCUT2D eigenvalue weighted by Gasteiger charge is 2.44. The van der Waals surface area contributed by atoms with Crippen molar-refractivity contribution in [1.82, 2.24) is 9.80 Å². The minimum Gasteiger partial charge on any atom is -0.494 e. The summed E-state index contributed by atoms with van der Waals surface area (Å²) in [5.74, 6) is 1.13. The molecule has 10 heteroatoms. The number of ether oxygens (including phenoxy) is 2. The van der Waals surface area contributed by atoms with Crippen molar-refractivity contribution in [3.05, 3.63) is 24.3 Å². The Morgan fingerprint density at radius 1 is 1.06 bits per heavy atom. The molecule has 0 aromatic heterocycles. The summed E-state index contributed by atoms with van der Waals surface area (Å²) in [5, 5.41) is 0. The number of carbonyl (C=O) groups is 1. The molecular weight excluding hydrogens is 424 g/mol. The molecule has 3 saturated heterocycles. The highest BCUT2D eigenvalue weighted by molar-refractivity contribution is 7.82. The maximum Gasteiger partial charge on any atom is 0.405 e. The minimum absolute atomic E-state index is 0.00905. The summed E-state index contributed by atoms with van der Waals surface area (Å²) in [5.41, 5.74) is 0. The second-order valence-corrected chi connectivity index (χ2v) is 9.48. The standard InChI is InChI=1S/C21H30N2O7S/c1-16-4-2-11-22(16)12-3-15-27-17-5-7-18(8-6-17)28-19-9-13-23(14-10-19)20(24)21-29-31(25,26)30-21/h5-8,16,19,21H,2-4,9-15H2,1H3/t16-/m1/s1. The summed E-state index contributed by atoms with van der Waals surface area (Å²) in [4.78, 5) is 16.2. The number of piperidine rings is 1. The van der Waals surface area contributed by atoms with E-state index in [1.165, 1.54) is 19.4 Å². The van der Waals surface area contributed by atoms with Gasteiger partial charge in [-0.1, -0.05) is 0 Å². The lowest BCUT2D eigenvalue weighted by Crippen LogP contribution is -2.52. The first kappa shape index (κ1) is 22.3. The minimum atomic E-state index is -3.97. The molecular formula is C21H30N2O7S. The van der Waals surface area contributed by atoms with Crippen molar-refractivity contribution in [2.75, 3.05) is 32.8 Å². The third-order valence-corrected chi connectivity index (χ3v) is 6.86. The zero-order chi connectivity index (χ0) is 21.8. The first-order chi connectivity index (χ1) is 14.9. The highest BCUT2D eigenvalue weighted by atomic mass is 32.3. The number of hydrogen-bond donors (Lipinski definition) is 0. The largest absolute Gasteiger partial charge is 0.494 e. The summed E-state index contributed by atoms with van der Waals surface area (Å²) in [6, 6.07) is 8.32. The van der Waals surface area contributed by atoms with E-state index in [1.807, 2.05) is 24.3 Å². The van der Waals surface area contributed by atoms with Crippen molar-refractivity contribution in [2.24, 2.45) is 0 Å². The van der Waals surface area contributed by atoms with Crippen LogP contribution in [0.1, 0.15) is 39.0 Å². The van der Waals surface area contributed by atoms with Gasteiger partial charge in [0.05, 0.1) is 6.61 Å². The zero-order valence-electron chi connectivity index (χ0n) is 17.8. The summed E-state index contributed by atoms with van der Waals surface area (Å²) in [7, 11) is -3.97. The molecule has 0 spiro atoms. The number of rotatable bonds is 8. The Morgan fingerprint density at radius 3 is 2.35 bits per heavy atom. The van der Waals surface area contributed by atoms with Crippen LogP contribution in [0.4, 0.5) is 0 Å². The van der Waals surface area contributed by atoms with Gasteiger partial charge in [-0.2, -0.15) is 8.42 Å². The first-order valence-electron chi connectivity index (χ1n) is 10.9. The van der Waals surface area contributed by atoms with Gasteiger partial charge in [0.2, 0.25) is 0 Å². The maximum absolute atomic E-state index is 12.1. The van der Waals surface area contributed by atoms with Crippen molar-refractivity contribution in [2.45, 2.75) is 57.5 Å². The van der Waals surface area contributed by atoms with E-state index in [2.05, 4.69) is 20.2 Å². The molecule has 0 saturated carbocycles. The highest BCUT2D eigenvalue weighted by Crippen LogP contribution is 2.25. The van der Waals surface area contributed by atoms with E-state index in [1.54, 1.807) is 4.90 Å². The van der Waals surface area contributed by atoms with Gasteiger partial charge in [0.1, 0.15) is 17.6 Å². The number of nitrogens with zero attached hydrogens (tertiary/aromatic N) is 2. The fourth-order valence-corrected chi connectivity index (χ4v) is 4.84. The molecule has 3 aliphatic heterocycles. The number of benzene rings is 1. The van der Waals surface area contributed by atoms with E-state index in [0.29, 0.717) is 38.6 Å². The molecule has 1 aromatic carbocycles. The Morgan fingerprint density at radius 2 is 1.74 bits per heavy atom. The second kappa shape index (κ2) is 9.72.